The Morgan fingerprint density at radius 3 is 2.24 bits per heavy atom. The van der Waals surface area contributed by atoms with Gasteiger partial charge in [0.25, 0.3) is 5.91 Å². The van der Waals surface area contributed by atoms with Crippen molar-refractivity contribution < 1.29 is 37.8 Å². The number of ether oxygens (including phenoxy) is 3. The smallest absolute Gasteiger partial charge is 0.408 e. The fourth-order valence-corrected chi connectivity index (χ4v) is 5.40. The Morgan fingerprint density at radius 1 is 0.980 bits per heavy atom. The molecule has 1 aromatic heterocycles. The number of methoxy groups -OCH3 is 1. The van der Waals surface area contributed by atoms with E-state index in [9.17, 15) is 23.6 Å². The highest BCUT2D eigenvalue weighted by Crippen LogP contribution is 2.27. The van der Waals surface area contributed by atoms with E-state index < -0.39 is 46.9 Å². The molecule has 2 unspecified atom stereocenters. The molecule has 2 atom stereocenters. The van der Waals surface area contributed by atoms with E-state index >= 15 is 0 Å². The van der Waals surface area contributed by atoms with E-state index in [0.717, 1.165) is 12.8 Å². The number of piperidine rings is 1. The normalized spacial score (nSPS) is 15.0. The number of benzene rings is 2. The molecule has 3 N–H and O–H groups in total. The summed E-state index contributed by atoms with van der Waals surface area (Å²) >= 11 is 0. The van der Waals surface area contributed by atoms with Gasteiger partial charge in [-0.3, -0.25) is 14.4 Å². The van der Waals surface area contributed by atoms with Gasteiger partial charge in [-0.15, -0.1) is 0 Å². The fraction of sp³-hybridized carbons (Fsp3) is 0.486. The minimum atomic E-state index is -1.47. The number of rotatable bonds is 13. The van der Waals surface area contributed by atoms with Gasteiger partial charge in [-0.05, 0) is 88.8 Å². The highest BCUT2D eigenvalue weighted by molar-refractivity contribution is 5.98. The molecule has 3 aromatic rings. The second-order valence-corrected chi connectivity index (χ2v) is 14.3. The van der Waals surface area contributed by atoms with Crippen molar-refractivity contribution in [2.45, 2.75) is 84.2 Å². The van der Waals surface area contributed by atoms with Gasteiger partial charge < -0.3 is 39.6 Å². The highest BCUT2D eigenvalue weighted by Gasteiger charge is 2.35. The summed E-state index contributed by atoms with van der Waals surface area (Å²) in [7, 11) is 1.57. The molecular weight excluding hydrogens is 659 g/mol. The number of amides is 4. The van der Waals surface area contributed by atoms with Crippen LogP contribution in [0.3, 0.4) is 0 Å². The summed E-state index contributed by atoms with van der Waals surface area (Å²) in [5, 5.41) is 7.91. The van der Waals surface area contributed by atoms with Gasteiger partial charge in [-0.2, -0.15) is 0 Å². The number of halogens is 1. The van der Waals surface area contributed by atoms with Crippen molar-refractivity contribution in [1.29, 1.82) is 0 Å². The van der Waals surface area contributed by atoms with E-state index in [1.165, 1.54) is 32.3 Å². The zero-order chi connectivity index (χ0) is 37.3. The molecule has 13 nitrogen and oxygen atoms in total. The lowest BCUT2D eigenvalue weighted by atomic mass is 9.97. The molecular formula is C37H49FN6O7. The molecule has 0 saturated carbocycles. The molecule has 0 bridgehead atoms. The Morgan fingerprint density at radius 2 is 1.63 bits per heavy atom. The van der Waals surface area contributed by atoms with Crippen LogP contribution in [0.2, 0.25) is 0 Å². The summed E-state index contributed by atoms with van der Waals surface area (Å²) in [6, 6.07) is 10.9. The van der Waals surface area contributed by atoms with Gasteiger partial charge in [0, 0.05) is 19.3 Å². The predicted octanol–water partition coefficient (Wildman–Crippen LogP) is 4.82. The highest BCUT2D eigenvalue weighted by atomic mass is 19.1. The van der Waals surface area contributed by atoms with Gasteiger partial charge >= 0.3 is 6.09 Å². The van der Waals surface area contributed by atoms with Crippen molar-refractivity contribution in [2.24, 2.45) is 5.92 Å². The lowest BCUT2D eigenvalue weighted by molar-refractivity contribution is -0.135. The molecule has 2 aromatic carbocycles. The molecule has 276 valence electrons. The number of hydrogen-bond acceptors (Lipinski definition) is 8. The number of aromatic nitrogens is 2. The number of anilines is 1. The molecule has 1 aliphatic rings. The molecule has 1 aliphatic heterocycles. The Balaban J connectivity index is 1.53. The van der Waals surface area contributed by atoms with Crippen molar-refractivity contribution in [3.63, 3.8) is 0 Å². The van der Waals surface area contributed by atoms with Crippen LogP contribution < -0.4 is 20.7 Å². The molecule has 4 rings (SSSR count). The van der Waals surface area contributed by atoms with Gasteiger partial charge in [0.15, 0.2) is 5.82 Å². The number of likely N-dealkylation sites (tertiary alicyclic amines) is 1. The number of alkyl carbamates (subject to hydrolysis) is 1. The Hall–Kier alpha value is -4.98. The van der Waals surface area contributed by atoms with Gasteiger partial charge in [-0.25, -0.2) is 14.2 Å². The minimum Gasteiger partial charge on any atom is -0.497 e. The van der Waals surface area contributed by atoms with E-state index in [-0.39, 0.29) is 24.9 Å². The number of nitrogens with zero attached hydrogens (tertiary/aromatic N) is 3. The summed E-state index contributed by atoms with van der Waals surface area (Å²) in [4.78, 5) is 59.8. The van der Waals surface area contributed by atoms with Crippen LogP contribution in [0.1, 0.15) is 71.6 Å². The van der Waals surface area contributed by atoms with Crippen molar-refractivity contribution in [2.75, 3.05) is 32.1 Å². The SMILES string of the molecule is COc1ccc(C(C(=O)N2CCC(C)CC2)n2cnc(NC(=O)C(COCc3ccc(F)cc3)NC(=O)C(C)(C)NC(=O)OC(C)(C)C)c2)cc1. The Bertz CT molecular complexity index is 1640. The van der Waals surface area contributed by atoms with Crippen LogP contribution in [-0.4, -0.2) is 82.3 Å². The molecule has 1 fully saturated rings. The largest absolute Gasteiger partial charge is 0.497 e. The molecule has 0 aliphatic carbocycles. The third-order valence-corrected chi connectivity index (χ3v) is 8.38. The van der Waals surface area contributed by atoms with Crippen LogP contribution >= 0.6 is 0 Å². The predicted molar refractivity (Wildman–Crippen MR) is 188 cm³/mol. The molecule has 2 heterocycles. The molecule has 51 heavy (non-hydrogen) atoms. The third-order valence-electron chi connectivity index (χ3n) is 8.38. The Labute approximate surface area is 298 Å². The maximum Gasteiger partial charge on any atom is 0.408 e. The first-order valence-electron chi connectivity index (χ1n) is 17.0. The number of carbonyl (C=O) groups is 4. The van der Waals surface area contributed by atoms with E-state index in [2.05, 4.69) is 27.9 Å². The van der Waals surface area contributed by atoms with E-state index in [0.29, 0.717) is 35.9 Å². The second kappa shape index (κ2) is 16.8. The summed E-state index contributed by atoms with van der Waals surface area (Å²) in [6.45, 7) is 11.3. The number of imidazole rings is 1. The van der Waals surface area contributed by atoms with Gasteiger partial charge in [0.2, 0.25) is 11.8 Å². The van der Waals surface area contributed by atoms with Crippen molar-refractivity contribution >= 4 is 29.6 Å². The van der Waals surface area contributed by atoms with E-state index in [1.807, 2.05) is 17.0 Å². The van der Waals surface area contributed by atoms with Gasteiger partial charge in [0.1, 0.15) is 34.8 Å². The average Bonchev–Trinajstić information content (AvgIpc) is 3.52. The summed E-state index contributed by atoms with van der Waals surface area (Å²) < 4.78 is 31.4. The topological polar surface area (TPSA) is 153 Å². The molecule has 0 spiro atoms. The lowest BCUT2D eigenvalue weighted by Crippen LogP contribution is -2.59. The number of carbonyl (C=O) groups excluding carboxylic acids is 4. The quantitative estimate of drug-likeness (QED) is 0.229. The third kappa shape index (κ3) is 11.3. The van der Waals surface area contributed by atoms with Crippen LogP contribution in [0.5, 0.6) is 5.75 Å². The van der Waals surface area contributed by atoms with Crippen LogP contribution in [0.4, 0.5) is 15.0 Å². The first-order chi connectivity index (χ1) is 24.0. The zero-order valence-electron chi connectivity index (χ0n) is 30.3. The summed E-state index contributed by atoms with van der Waals surface area (Å²) in [5.74, 6) is -0.499. The van der Waals surface area contributed by atoms with E-state index in [1.54, 1.807) is 62.9 Å². The first-order valence-corrected chi connectivity index (χ1v) is 17.0. The van der Waals surface area contributed by atoms with Crippen LogP contribution in [0, 0.1) is 11.7 Å². The number of hydrogen-bond donors (Lipinski definition) is 3. The van der Waals surface area contributed by atoms with Crippen LogP contribution in [0.25, 0.3) is 0 Å². The van der Waals surface area contributed by atoms with Crippen molar-refractivity contribution in [3.8, 4) is 5.75 Å². The molecule has 14 heteroatoms. The Kier molecular flexibility index (Phi) is 12.8. The van der Waals surface area contributed by atoms with Gasteiger partial charge in [-0.1, -0.05) is 31.2 Å². The fourth-order valence-electron chi connectivity index (χ4n) is 5.40. The first kappa shape index (κ1) is 38.8. The minimum absolute atomic E-state index is 0.0367. The maximum absolute atomic E-state index is 14.0. The molecule has 4 amide bonds. The van der Waals surface area contributed by atoms with E-state index in [4.69, 9.17) is 14.2 Å². The maximum atomic E-state index is 14.0. The standard InChI is InChI=1S/C37H49FN6O7/c1-24-16-18-43(19-17-24)33(46)31(26-10-14-28(49-7)15-11-26)44-20-30(39-23-44)41-32(45)29(22-50-21-25-8-12-27(38)13-9-25)40-34(47)37(5,6)42-35(48)51-36(2,3)4/h8-15,20,23-24,29,31H,16-19,21-22H2,1-7H3,(H,40,47)(H,41,45)(H,42,48). The molecule has 0 radical (unpaired) electrons. The monoisotopic (exact) mass is 708 g/mol. The van der Waals surface area contributed by atoms with Gasteiger partial charge in [0.05, 0.1) is 26.7 Å². The summed E-state index contributed by atoms with van der Waals surface area (Å²) in [6.07, 6.45) is 4.05. The second-order valence-electron chi connectivity index (χ2n) is 14.3. The van der Waals surface area contributed by atoms with Crippen molar-refractivity contribution in [3.05, 3.63) is 78.0 Å². The number of nitrogens with one attached hydrogen (secondary N) is 3. The zero-order valence-corrected chi connectivity index (χ0v) is 30.3. The van der Waals surface area contributed by atoms with Crippen molar-refractivity contribution in [1.82, 2.24) is 25.1 Å². The molecule has 1 saturated heterocycles. The summed E-state index contributed by atoms with van der Waals surface area (Å²) in [5.41, 5.74) is -0.892. The van der Waals surface area contributed by atoms with Crippen LogP contribution in [0.15, 0.2) is 61.1 Å². The average molecular weight is 709 g/mol. The lowest BCUT2D eigenvalue weighted by Gasteiger charge is -2.33. The van der Waals surface area contributed by atoms with Crippen LogP contribution in [-0.2, 0) is 30.5 Å².